The Morgan fingerprint density at radius 1 is 1.38 bits per heavy atom. The first-order valence-corrected chi connectivity index (χ1v) is 6.93. The molecular weight excluding hydrogens is 216 g/mol. The van der Waals surface area contributed by atoms with E-state index in [9.17, 15) is 0 Å². The van der Waals surface area contributed by atoms with Crippen LogP contribution >= 0.6 is 11.3 Å². The Hall–Kier alpha value is -0.410. The third kappa shape index (κ3) is 4.62. The Balaban J connectivity index is 2.36. The summed E-state index contributed by atoms with van der Waals surface area (Å²) in [6, 6.07) is 0. The minimum atomic E-state index is 0.181. The Bertz CT molecular complexity index is 310. The van der Waals surface area contributed by atoms with Gasteiger partial charge in [0.05, 0.1) is 10.7 Å². The number of rotatable bonds is 5. The number of nitrogens with zero attached hydrogens (tertiary/aromatic N) is 1. The first kappa shape index (κ1) is 13.7. The summed E-state index contributed by atoms with van der Waals surface area (Å²) in [6.45, 7) is 13.1. The smallest absolute Gasteiger partial charge is 0.0982 e. The SMILES string of the molecule is CC(C)CCNCc1csc(C(C)(C)C)n1. The van der Waals surface area contributed by atoms with E-state index in [0.717, 1.165) is 19.0 Å². The van der Waals surface area contributed by atoms with Crippen molar-refractivity contribution < 1.29 is 0 Å². The van der Waals surface area contributed by atoms with E-state index in [4.69, 9.17) is 0 Å². The molecule has 0 fully saturated rings. The summed E-state index contributed by atoms with van der Waals surface area (Å²) in [7, 11) is 0. The highest BCUT2D eigenvalue weighted by Gasteiger charge is 2.17. The lowest BCUT2D eigenvalue weighted by atomic mass is 9.98. The molecule has 0 bridgehead atoms. The van der Waals surface area contributed by atoms with Crippen LogP contribution in [0.5, 0.6) is 0 Å². The van der Waals surface area contributed by atoms with E-state index in [2.05, 4.69) is 50.3 Å². The van der Waals surface area contributed by atoms with E-state index in [1.165, 1.54) is 17.1 Å². The highest BCUT2D eigenvalue weighted by molar-refractivity contribution is 7.09. The van der Waals surface area contributed by atoms with Crippen molar-refractivity contribution in [2.75, 3.05) is 6.54 Å². The van der Waals surface area contributed by atoms with E-state index < -0.39 is 0 Å². The zero-order valence-electron chi connectivity index (χ0n) is 11.1. The summed E-state index contributed by atoms with van der Waals surface area (Å²) < 4.78 is 0. The minimum absolute atomic E-state index is 0.181. The van der Waals surface area contributed by atoms with Crippen LogP contribution in [0, 0.1) is 5.92 Å². The van der Waals surface area contributed by atoms with Crippen LogP contribution in [0.3, 0.4) is 0 Å². The first-order valence-electron chi connectivity index (χ1n) is 6.05. The Morgan fingerprint density at radius 3 is 2.56 bits per heavy atom. The highest BCUT2D eigenvalue weighted by Crippen LogP contribution is 2.25. The molecule has 0 aliphatic carbocycles. The van der Waals surface area contributed by atoms with Gasteiger partial charge in [0.2, 0.25) is 0 Å². The summed E-state index contributed by atoms with van der Waals surface area (Å²) >= 11 is 1.77. The summed E-state index contributed by atoms with van der Waals surface area (Å²) in [5.41, 5.74) is 1.36. The maximum Gasteiger partial charge on any atom is 0.0982 e. The molecule has 3 heteroatoms. The summed E-state index contributed by atoms with van der Waals surface area (Å²) in [5.74, 6) is 0.771. The standard InChI is InChI=1S/C13H24N2S/c1-10(2)6-7-14-8-11-9-16-12(15-11)13(3,4)5/h9-10,14H,6-8H2,1-5H3. The molecule has 0 spiro atoms. The molecule has 0 saturated heterocycles. The van der Waals surface area contributed by atoms with Crippen LogP contribution < -0.4 is 5.32 Å². The average molecular weight is 240 g/mol. The van der Waals surface area contributed by atoms with Crippen molar-refractivity contribution in [1.29, 1.82) is 0 Å². The second-order valence-corrected chi connectivity index (χ2v) is 6.61. The van der Waals surface area contributed by atoms with Crippen LogP contribution in [-0.4, -0.2) is 11.5 Å². The summed E-state index contributed by atoms with van der Waals surface area (Å²) in [6.07, 6.45) is 1.23. The maximum atomic E-state index is 4.65. The molecule has 92 valence electrons. The van der Waals surface area contributed by atoms with E-state index in [1.54, 1.807) is 11.3 Å². The molecule has 2 nitrogen and oxygen atoms in total. The topological polar surface area (TPSA) is 24.9 Å². The Morgan fingerprint density at radius 2 is 2.06 bits per heavy atom. The van der Waals surface area contributed by atoms with Gasteiger partial charge in [-0.2, -0.15) is 0 Å². The monoisotopic (exact) mass is 240 g/mol. The number of aromatic nitrogens is 1. The quantitative estimate of drug-likeness (QED) is 0.796. The van der Waals surface area contributed by atoms with Gasteiger partial charge in [0.25, 0.3) is 0 Å². The predicted molar refractivity (Wildman–Crippen MR) is 72.0 cm³/mol. The first-order chi connectivity index (χ1) is 7.39. The third-order valence-corrected chi connectivity index (χ3v) is 3.71. The van der Waals surface area contributed by atoms with Gasteiger partial charge < -0.3 is 5.32 Å². The van der Waals surface area contributed by atoms with Crippen molar-refractivity contribution >= 4 is 11.3 Å². The second kappa shape index (κ2) is 5.78. The maximum absolute atomic E-state index is 4.65. The number of nitrogens with one attached hydrogen (secondary N) is 1. The molecule has 1 aromatic heterocycles. The fourth-order valence-electron chi connectivity index (χ4n) is 1.34. The van der Waals surface area contributed by atoms with Gasteiger partial charge in [-0.1, -0.05) is 34.6 Å². The van der Waals surface area contributed by atoms with Crippen molar-refractivity contribution in [3.63, 3.8) is 0 Å². The van der Waals surface area contributed by atoms with Crippen LogP contribution in [-0.2, 0) is 12.0 Å². The van der Waals surface area contributed by atoms with Crippen molar-refractivity contribution in [2.45, 2.75) is 53.0 Å². The van der Waals surface area contributed by atoms with Crippen molar-refractivity contribution in [2.24, 2.45) is 5.92 Å². The third-order valence-electron chi connectivity index (χ3n) is 2.40. The lowest BCUT2D eigenvalue weighted by Crippen LogP contribution is -2.17. The molecule has 1 N–H and O–H groups in total. The largest absolute Gasteiger partial charge is 0.311 e. The van der Waals surface area contributed by atoms with Crippen LogP contribution in [0.15, 0.2) is 5.38 Å². The molecule has 0 amide bonds. The van der Waals surface area contributed by atoms with Crippen LogP contribution in [0.2, 0.25) is 0 Å². The van der Waals surface area contributed by atoms with Gasteiger partial charge in [-0.15, -0.1) is 11.3 Å². The summed E-state index contributed by atoms with van der Waals surface area (Å²) in [4.78, 5) is 4.65. The molecule has 0 atom stereocenters. The van der Waals surface area contributed by atoms with E-state index >= 15 is 0 Å². The molecule has 0 aromatic carbocycles. The predicted octanol–water partition coefficient (Wildman–Crippen LogP) is 3.58. The highest BCUT2D eigenvalue weighted by atomic mass is 32.1. The van der Waals surface area contributed by atoms with Crippen LogP contribution in [0.4, 0.5) is 0 Å². The lowest BCUT2D eigenvalue weighted by Gasteiger charge is -2.13. The molecule has 1 heterocycles. The zero-order chi connectivity index (χ0) is 12.2. The van der Waals surface area contributed by atoms with E-state index in [0.29, 0.717) is 0 Å². The fraction of sp³-hybridized carbons (Fsp3) is 0.769. The van der Waals surface area contributed by atoms with Gasteiger partial charge in [0, 0.05) is 17.3 Å². The molecular formula is C13H24N2S. The summed E-state index contributed by atoms with van der Waals surface area (Å²) in [5, 5.41) is 6.84. The Kier molecular flexibility index (Phi) is 4.93. The fourth-order valence-corrected chi connectivity index (χ4v) is 2.25. The van der Waals surface area contributed by atoms with E-state index in [1.807, 2.05) is 0 Å². The molecule has 0 unspecified atom stereocenters. The van der Waals surface area contributed by atoms with Gasteiger partial charge in [-0.25, -0.2) is 4.98 Å². The molecule has 1 aromatic rings. The zero-order valence-corrected chi connectivity index (χ0v) is 11.9. The number of hydrogen-bond acceptors (Lipinski definition) is 3. The van der Waals surface area contributed by atoms with Crippen molar-refractivity contribution in [1.82, 2.24) is 10.3 Å². The molecule has 16 heavy (non-hydrogen) atoms. The molecule has 0 aliphatic heterocycles. The second-order valence-electron chi connectivity index (χ2n) is 5.75. The van der Waals surface area contributed by atoms with Crippen molar-refractivity contribution in [3.05, 3.63) is 16.1 Å². The molecule has 1 rings (SSSR count). The van der Waals surface area contributed by atoms with Crippen LogP contribution in [0.1, 0.15) is 51.7 Å². The molecule has 0 aliphatic rings. The number of thiazole rings is 1. The van der Waals surface area contributed by atoms with Gasteiger partial charge in [-0.05, 0) is 18.9 Å². The van der Waals surface area contributed by atoms with Gasteiger partial charge in [0.1, 0.15) is 0 Å². The van der Waals surface area contributed by atoms with Crippen LogP contribution in [0.25, 0.3) is 0 Å². The molecule has 0 radical (unpaired) electrons. The average Bonchev–Trinajstić information content (AvgIpc) is 2.59. The van der Waals surface area contributed by atoms with Gasteiger partial charge in [0.15, 0.2) is 0 Å². The lowest BCUT2D eigenvalue weighted by molar-refractivity contribution is 0.533. The van der Waals surface area contributed by atoms with E-state index in [-0.39, 0.29) is 5.41 Å². The van der Waals surface area contributed by atoms with Gasteiger partial charge in [-0.3, -0.25) is 0 Å². The minimum Gasteiger partial charge on any atom is -0.311 e. The number of hydrogen-bond donors (Lipinski definition) is 1. The van der Waals surface area contributed by atoms with Gasteiger partial charge >= 0.3 is 0 Å². The molecule has 0 saturated carbocycles. The Labute approximate surface area is 103 Å². The van der Waals surface area contributed by atoms with Crippen molar-refractivity contribution in [3.8, 4) is 0 Å². The normalized spacial score (nSPS) is 12.4.